The maximum absolute atomic E-state index is 5.44. The molecule has 5 heteroatoms. The lowest BCUT2D eigenvalue weighted by atomic mass is 10.4. The van der Waals surface area contributed by atoms with Crippen molar-refractivity contribution in [3.8, 4) is 5.88 Å². The molecule has 1 heterocycles. The molecule has 0 aliphatic rings. The van der Waals surface area contributed by atoms with E-state index in [1.165, 1.54) is 0 Å². The Labute approximate surface area is 96.4 Å². The van der Waals surface area contributed by atoms with Crippen LogP contribution < -0.4 is 4.74 Å². The molecule has 1 aromatic heterocycles. The maximum Gasteiger partial charge on any atom is 0.213 e. The second-order valence-corrected chi connectivity index (χ2v) is 7.06. The molecule has 0 aromatic carbocycles. The van der Waals surface area contributed by atoms with Gasteiger partial charge in [-0.25, -0.2) is 4.98 Å². The molecule has 0 saturated carbocycles. The molecule has 1 aromatic rings. The van der Waals surface area contributed by atoms with Gasteiger partial charge < -0.3 is 4.74 Å². The van der Waals surface area contributed by atoms with E-state index in [4.69, 9.17) is 4.74 Å². The number of ether oxygens (including phenoxy) is 1. The molecular weight excluding hydrogens is 234 g/mol. The van der Waals surface area contributed by atoms with Crippen LogP contribution in [-0.4, -0.2) is 17.3 Å². The highest BCUT2D eigenvalue weighted by Crippen LogP contribution is 2.38. The Hall–Kier alpha value is -0.000000000000000222. The van der Waals surface area contributed by atoms with E-state index in [1.54, 1.807) is 31.4 Å². The highest BCUT2D eigenvalue weighted by Gasteiger charge is 1.99. The van der Waals surface area contributed by atoms with Crippen LogP contribution in [0.1, 0.15) is 13.8 Å². The lowest BCUT2D eigenvalue weighted by Gasteiger charge is -2.08. The zero-order chi connectivity index (χ0) is 10.4. The van der Waals surface area contributed by atoms with E-state index in [1.807, 2.05) is 32.2 Å². The fourth-order valence-electron chi connectivity index (χ4n) is 0.801. The Morgan fingerprint density at radius 1 is 1.36 bits per heavy atom. The molecule has 14 heavy (non-hydrogen) atoms. The third-order valence-corrected chi connectivity index (χ3v) is 4.93. The fourth-order valence-corrected chi connectivity index (χ4v) is 3.22. The lowest BCUT2D eigenvalue weighted by Crippen LogP contribution is -2.06. The molecule has 0 atom stereocenters. The second kappa shape index (κ2) is 6.48. The first kappa shape index (κ1) is 12.1. The van der Waals surface area contributed by atoms with Crippen molar-refractivity contribution in [2.24, 2.45) is 0 Å². The molecular formula is C9H13NOS3. The first-order valence-corrected chi connectivity index (χ1v) is 8.11. The predicted octanol–water partition coefficient (Wildman–Crippen LogP) is 3.89. The van der Waals surface area contributed by atoms with Crippen molar-refractivity contribution in [1.82, 2.24) is 4.98 Å². The smallest absolute Gasteiger partial charge is 0.213 e. The molecule has 0 spiro atoms. The molecule has 0 aliphatic heterocycles. The van der Waals surface area contributed by atoms with Crippen molar-refractivity contribution >= 4 is 31.4 Å². The van der Waals surface area contributed by atoms with Gasteiger partial charge >= 0.3 is 0 Å². The van der Waals surface area contributed by atoms with Crippen LogP contribution in [-0.2, 0) is 0 Å². The Balaban J connectivity index is 2.50. The summed E-state index contributed by atoms with van der Waals surface area (Å²) in [4.78, 5) is 5.36. The summed E-state index contributed by atoms with van der Waals surface area (Å²) < 4.78 is 5.44. The molecule has 0 fully saturated rings. The third-order valence-electron chi connectivity index (χ3n) is 1.26. The van der Waals surface area contributed by atoms with Gasteiger partial charge in [0.1, 0.15) is 0 Å². The van der Waals surface area contributed by atoms with Gasteiger partial charge in [-0.1, -0.05) is 10.8 Å². The predicted molar refractivity (Wildman–Crippen MR) is 67.0 cm³/mol. The zero-order valence-electron chi connectivity index (χ0n) is 8.39. The average Bonchev–Trinajstić information content (AvgIpc) is 2.16. The van der Waals surface area contributed by atoms with Crippen molar-refractivity contribution < 1.29 is 4.74 Å². The summed E-state index contributed by atoms with van der Waals surface area (Å²) in [7, 11) is 5.17. The van der Waals surface area contributed by atoms with Gasteiger partial charge in [0.2, 0.25) is 5.88 Å². The second-order valence-electron chi connectivity index (χ2n) is 2.82. The quantitative estimate of drug-likeness (QED) is 0.734. The summed E-state index contributed by atoms with van der Waals surface area (Å²) in [5.41, 5.74) is 0. The van der Waals surface area contributed by atoms with E-state index < -0.39 is 0 Å². The molecule has 0 saturated heterocycles. The van der Waals surface area contributed by atoms with Gasteiger partial charge in [-0.15, -0.1) is 0 Å². The van der Waals surface area contributed by atoms with E-state index in [2.05, 4.69) is 11.2 Å². The van der Waals surface area contributed by atoms with E-state index in [-0.39, 0.29) is 6.10 Å². The van der Waals surface area contributed by atoms with E-state index >= 15 is 0 Å². The number of aromatic nitrogens is 1. The highest BCUT2D eigenvalue weighted by atomic mass is 33.5. The fraction of sp³-hybridized carbons (Fsp3) is 0.444. The van der Waals surface area contributed by atoms with Crippen molar-refractivity contribution in [3.05, 3.63) is 18.3 Å². The Morgan fingerprint density at radius 3 is 2.64 bits per heavy atom. The SMILES string of the molecule is CSSSc1ccc(OC(C)C)nc1. The number of hydrogen-bond donors (Lipinski definition) is 0. The van der Waals surface area contributed by atoms with Gasteiger partial charge in [0, 0.05) is 17.2 Å². The minimum Gasteiger partial charge on any atom is -0.475 e. The van der Waals surface area contributed by atoms with E-state index in [0.29, 0.717) is 5.88 Å². The summed E-state index contributed by atoms with van der Waals surface area (Å²) in [6.07, 6.45) is 4.08. The van der Waals surface area contributed by atoms with Crippen LogP contribution in [0.2, 0.25) is 0 Å². The summed E-state index contributed by atoms with van der Waals surface area (Å²) >= 11 is 0. The van der Waals surface area contributed by atoms with Crippen molar-refractivity contribution in [2.45, 2.75) is 24.8 Å². The van der Waals surface area contributed by atoms with Gasteiger partial charge in [0.05, 0.1) is 6.10 Å². The summed E-state index contributed by atoms with van der Waals surface area (Å²) in [5.74, 6) is 0.693. The monoisotopic (exact) mass is 247 g/mol. The third kappa shape index (κ3) is 4.48. The summed E-state index contributed by atoms with van der Waals surface area (Å²) in [6.45, 7) is 3.99. The van der Waals surface area contributed by atoms with Crippen LogP contribution in [0.25, 0.3) is 0 Å². The summed E-state index contributed by atoms with van der Waals surface area (Å²) in [5, 5.41) is 0. The number of rotatable bonds is 5. The maximum atomic E-state index is 5.44. The van der Waals surface area contributed by atoms with Gasteiger partial charge in [-0.2, -0.15) is 0 Å². The highest BCUT2D eigenvalue weighted by molar-refractivity contribution is 9.09. The number of hydrogen-bond acceptors (Lipinski definition) is 5. The molecule has 0 amide bonds. The number of nitrogens with zero attached hydrogens (tertiary/aromatic N) is 1. The Bertz CT molecular complexity index is 263. The minimum atomic E-state index is 0.182. The van der Waals surface area contributed by atoms with Crippen LogP contribution >= 0.6 is 31.4 Å². The Kier molecular flexibility index (Phi) is 5.59. The first-order valence-electron chi connectivity index (χ1n) is 4.22. The Morgan fingerprint density at radius 2 is 2.14 bits per heavy atom. The topological polar surface area (TPSA) is 22.1 Å². The molecule has 0 aliphatic carbocycles. The van der Waals surface area contributed by atoms with Crippen LogP contribution in [0, 0.1) is 0 Å². The van der Waals surface area contributed by atoms with Gasteiger partial charge in [0.15, 0.2) is 0 Å². The van der Waals surface area contributed by atoms with Crippen molar-refractivity contribution in [1.29, 1.82) is 0 Å². The molecule has 1 rings (SSSR count). The van der Waals surface area contributed by atoms with Gasteiger partial charge in [-0.3, -0.25) is 0 Å². The molecule has 0 N–H and O–H groups in total. The van der Waals surface area contributed by atoms with Crippen LogP contribution in [0.4, 0.5) is 0 Å². The standard InChI is InChI=1S/C9H13NOS3/c1-7(2)11-9-5-4-8(6-10-9)13-14-12-3/h4-7H,1-3H3. The molecule has 78 valence electrons. The average molecular weight is 247 g/mol. The molecule has 0 radical (unpaired) electrons. The van der Waals surface area contributed by atoms with Gasteiger partial charge in [-0.05, 0) is 46.8 Å². The largest absolute Gasteiger partial charge is 0.475 e. The van der Waals surface area contributed by atoms with Crippen molar-refractivity contribution in [2.75, 3.05) is 6.26 Å². The van der Waals surface area contributed by atoms with Gasteiger partial charge in [0.25, 0.3) is 0 Å². The van der Waals surface area contributed by atoms with Crippen LogP contribution in [0.15, 0.2) is 23.2 Å². The zero-order valence-corrected chi connectivity index (χ0v) is 10.8. The van der Waals surface area contributed by atoms with Crippen LogP contribution in [0.5, 0.6) is 5.88 Å². The normalized spacial score (nSPS) is 10.6. The van der Waals surface area contributed by atoms with E-state index in [0.717, 1.165) is 4.90 Å². The lowest BCUT2D eigenvalue weighted by molar-refractivity contribution is 0.232. The van der Waals surface area contributed by atoms with Crippen LogP contribution in [0.3, 0.4) is 0 Å². The molecule has 0 bridgehead atoms. The molecule has 2 nitrogen and oxygen atoms in total. The first-order chi connectivity index (χ1) is 6.72. The molecule has 0 unspecified atom stereocenters. The van der Waals surface area contributed by atoms with E-state index in [9.17, 15) is 0 Å². The summed E-state index contributed by atoms with van der Waals surface area (Å²) in [6, 6.07) is 3.93. The number of pyridine rings is 1. The van der Waals surface area contributed by atoms with Crippen molar-refractivity contribution in [3.63, 3.8) is 0 Å². The minimum absolute atomic E-state index is 0.182.